The fourth-order valence-corrected chi connectivity index (χ4v) is 6.29. The number of amides is 1. The van der Waals surface area contributed by atoms with Crippen molar-refractivity contribution in [1.29, 1.82) is 0 Å². The summed E-state index contributed by atoms with van der Waals surface area (Å²) >= 11 is 0. The first kappa shape index (κ1) is 27.1. The quantitative estimate of drug-likeness (QED) is 0.370. The van der Waals surface area contributed by atoms with Crippen LogP contribution in [0.4, 0.5) is 20.4 Å². The van der Waals surface area contributed by atoms with E-state index in [9.17, 15) is 13.6 Å². The molecule has 11 heteroatoms. The number of fused-ring (bicyclic) bond motifs is 2. The van der Waals surface area contributed by atoms with Crippen molar-refractivity contribution in [1.82, 2.24) is 24.3 Å². The van der Waals surface area contributed by atoms with E-state index in [1.807, 2.05) is 35.6 Å². The van der Waals surface area contributed by atoms with Crippen LogP contribution in [0.15, 0.2) is 36.8 Å². The van der Waals surface area contributed by atoms with Gasteiger partial charge in [0.2, 0.25) is 11.6 Å². The molecule has 9 nitrogen and oxygen atoms in total. The molecule has 3 aromatic rings. The van der Waals surface area contributed by atoms with Gasteiger partial charge in [-0.15, -0.1) is 0 Å². The number of nitrogens with zero attached hydrogens (tertiary/aromatic N) is 6. The molecule has 1 saturated carbocycles. The maximum absolute atomic E-state index is 14.2. The molecule has 0 bridgehead atoms. The van der Waals surface area contributed by atoms with Gasteiger partial charge in [0.15, 0.2) is 0 Å². The third-order valence-electron chi connectivity index (χ3n) is 8.41. The van der Waals surface area contributed by atoms with Crippen molar-refractivity contribution < 1.29 is 18.3 Å². The maximum atomic E-state index is 14.2. The Morgan fingerprint density at radius 2 is 1.95 bits per heavy atom. The molecular weight excluding hydrogens is 528 g/mol. The first-order valence-electron chi connectivity index (χ1n) is 13.9. The van der Waals surface area contributed by atoms with E-state index in [0.717, 1.165) is 29.5 Å². The molecule has 6 rings (SSSR count). The van der Waals surface area contributed by atoms with E-state index in [1.165, 1.54) is 6.20 Å². The molecule has 1 N–H and O–H groups in total. The number of hydrogen-bond donors (Lipinski definition) is 1. The maximum Gasteiger partial charge on any atom is 0.272 e. The monoisotopic (exact) mass is 561 g/mol. The number of alkyl halides is 2. The van der Waals surface area contributed by atoms with Gasteiger partial charge in [-0.2, -0.15) is 0 Å². The minimum Gasteiger partial charge on any atom is -0.505 e. The molecule has 0 radical (unpaired) electrons. The van der Waals surface area contributed by atoms with Crippen LogP contribution in [0, 0.1) is 6.57 Å². The molecule has 1 spiro atoms. The van der Waals surface area contributed by atoms with E-state index < -0.39 is 5.92 Å². The highest BCUT2D eigenvalue weighted by Crippen LogP contribution is 2.55. The van der Waals surface area contributed by atoms with Gasteiger partial charge in [-0.1, -0.05) is 6.07 Å². The van der Waals surface area contributed by atoms with Crippen molar-refractivity contribution >= 4 is 17.5 Å². The van der Waals surface area contributed by atoms with Crippen LogP contribution in [-0.4, -0.2) is 69.5 Å². The highest BCUT2D eigenvalue weighted by atomic mass is 19.3. The van der Waals surface area contributed by atoms with E-state index >= 15 is 0 Å². The molecule has 0 unspecified atom stereocenters. The van der Waals surface area contributed by atoms with E-state index in [0.29, 0.717) is 54.9 Å². The molecule has 2 fully saturated rings. The lowest BCUT2D eigenvalue weighted by molar-refractivity contribution is -0.134. The Morgan fingerprint density at radius 1 is 1.17 bits per heavy atom. The normalized spacial score (nSPS) is 19.3. The summed E-state index contributed by atoms with van der Waals surface area (Å²) in [6, 6.07) is 5.46. The highest BCUT2D eigenvalue weighted by molar-refractivity contribution is 5.99. The Hall–Kier alpha value is -4.04. The van der Waals surface area contributed by atoms with Crippen LogP contribution in [0.1, 0.15) is 65.5 Å². The summed E-state index contributed by atoms with van der Waals surface area (Å²) < 4.78 is 35.1. The molecule has 1 saturated heterocycles. The first-order chi connectivity index (χ1) is 19.7. The average Bonchev–Trinajstić information content (AvgIpc) is 3.56. The van der Waals surface area contributed by atoms with E-state index in [1.54, 1.807) is 24.2 Å². The number of hydrogen-bond acceptors (Lipinski definition) is 6. The Morgan fingerprint density at radius 3 is 2.61 bits per heavy atom. The third-order valence-corrected chi connectivity index (χ3v) is 8.41. The van der Waals surface area contributed by atoms with Gasteiger partial charge in [0.05, 0.1) is 44.5 Å². The first-order valence-corrected chi connectivity index (χ1v) is 13.9. The van der Waals surface area contributed by atoms with E-state index in [2.05, 4.69) is 26.2 Å². The summed E-state index contributed by atoms with van der Waals surface area (Å²) in [6.45, 7) is 12.5. The summed E-state index contributed by atoms with van der Waals surface area (Å²) in [4.78, 5) is 30.2. The zero-order chi connectivity index (χ0) is 28.9. The lowest BCUT2D eigenvalue weighted by atomic mass is 9.80. The molecule has 2 aromatic heterocycles. The van der Waals surface area contributed by atoms with Crippen LogP contribution in [0.2, 0.25) is 0 Å². The molecule has 2 aliphatic heterocycles. The summed E-state index contributed by atoms with van der Waals surface area (Å²) in [5.74, 6) is -1.60. The van der Waals surface area contributed by atoms with Crippen LogP contribution in [-0.2, 0) is 18.5 Å². The Kier molecular flexibility index (Phi) is 6.69. The fourth-order valence-electron chi connectivity index (χ4n) is 6.29. The summed E-state index contributed by atoms with van der Waals surface area (Å²) in [7, 11) is 1.80. The second-order valence-electron chi connectivity index (χ2n) is 11.3. The predicted octanol–water partition coefficient (Wildman–Crippen LogP) is 5.02. The molecule has 1 amide bonds. The van der Waals surface area contributed by atoms with Crippen molar-refractivity contribution in [2.24, 2.45) is 0 Å². The fraction of sp³-hybridized carbons (Fsp3) is 0.467. The lowest BCUT2D eigenvalue weighted by Gasteiger charge is -2.42. The molecule has 3 aliphatic rings. The third kappa shape index (κ3) is 4.90. The Balaban J connectivity index is 1.39. The number of pyridine rings is 1. The minimum atomic E-state index is -2.66. The van der Waals surface area contributed by atoms with Crippen LogP contribution in [0.5, 0.6) is 5.75 Å². The van der Waals surface area contributed by atoms with Crippen molar-refractivity contribution in [2.75, 3.05) is 38.6 Å². The number of likely N-dealkylation sites (tertiary alicyclic amines) is 1. The number of carbonyl (C=O) groups excluding carboxylic acids is 1. The second kappa shape index (κ2) is 10.1. The van der Waals surface area contributed by atoms with E-state index in [4.69, 9.17) is 11.3 Å². The zero-order valence-corrected chi connectivity index (χ0v) is 23.5. The number of carbonyl (C=O) groups is 1. The summed E-state index contributed by atoms with van der Waals surface area (Å²) in [6.07, 6.45) is 6.94. The van der Waals surface area contributed by atoms with Gasteiger partial charge in [-0.3, -0.25) is 14.7 Å². The van der Waals surface area contributed by atoms with Gasteiger partial charge >= 0.3 is 0 Å². The topological polar surface area (TPSA) is 79.9 Å². The highest BCUT2D eigenvalue weighted by Gasteiger charge is 2.54. The summed E-state index contributed by atoms with van der Waals surface area (Å²) in [5, 5.41) is 3.08. The van der Waals surface area contributed by atoms with Crippen molar-refractivity contribution in [2.45, 2.75) is 57.2 Å². The molecule has 1 aliphatic carbocycles. The van der Waals surface area contributed by atoms with Gasteiger partial charge in [0, 0.05) is 49.7 Å². The number of ether oxygens (including phenoxy) is 1. The minimum absolute atomic E-state index is 0.101. The van der Waals surface area contributed by atoms with Crippen molar-refractivity contribution in [3.8, 4) is 5.75 Å². The van der Waals surface area contributed by atoms with Crippen LogP contribution in [0.25, 0.3) is 4.85 Å². The number of rotatable bonds is 9. The zero-order valence-electron chi connectivity index (χ0n) is 23.5. The number of aromatic nitrogens is 3. The molecule has 1 aromatic carbocycles. The number of anilines is 1. The number of benzene rings is 1. The van der Waals surface area contributed by atoms with Gasteiger partial charge in [0.1, 0.15) is 5.75 Å². The van der Waals surface area contributed by atoms with Crippen LogP contribution < -0.4 is 10.1 Å². The molecular formula is C30H33F2N7O2. The van der Waals surface area contributed by atoms with Crippen LogP contribution in [0.3, 0.4) is 0 Å². The van der Waals surface area contributed by atoms with Gasteiger partial charge < -0.3 is 19.5 Å². The lowest BCUT2D eigenvalue weighted by Crippen LogP contribution is -2.55. The van der Waals surface area contributed by atoms with Gasteiger partial charge in [0.25, 0.3) is 11.8 Å². The van der Waals surface area contributed by atoms with E-state index in [-0.39, 0.29) is 30.5 Å². The molecule has 41 heavy (non-hydrogen) atoms. The molecule has 1 atom stereocenters. The smallest absolute Gasteiger partial charge is 0.272 e. The van der Waals surface area contributed by atoms with Crippen molar-refractivity contribution in [3.05, 3.63) is 76.2 Å². The Labute approximate surface area is 238 Å². The predicted molar refractivity (Wildman–Crippen MR) is 150 cm³/mol. The molecule has 214 valence electrons. The van der Waals surface area contributed by atoms with Crippen molar-refractivity contribution in [3.63, 3.8) is 0 Å². The van der Waals surface area contributed by atoms with Crippen LogP contribution >= 0.6 is 0 Å². The Bertz CT molecular complexity index is 1530. The average molecular weight is 562 g/mol. The number of halogens is 2. The van der Waals surface area contributed by atoms with Gasteiger partial charge in [-0.25, -0.2) is 18.6 Å². The SMILES string of the molecule is [C-]#[N+]c1cnc([C@H](C)N2CC3(CC3)c3c(CN4CC(F)(F)C4)cc(Cn4ccnc4NC)cc3C2=O)cc1OCC. The molecule has 4 heterocycles. The van der Waals surface area contributed by atoms with Gasteiger partial charge in [-0.05, 0) is 55.5 Å². The second-order valence-corrected chi connectivity index (χ2v) is 11.3. The summed E-state index contributed by atoms with van der Waals surface area (Å²) in [5.41, 5.74) is 4.30. The standard InChI is InChI=1S/C30H33F2N7O2/c1-5-41-25-12-23(36-13-24(25)33-3)19(2)39-16-29(6-7-29)26-21(15-37-17-30(31,32)18-37)10-20(11-22(26)27(39)40)14-38-9-8-35-28(38)34-4/h8-13,19H,5-7,14-18H2,1-2,4H3,(H,34,35)/t19-/m0/s1. The number of imidazole rings is 1. The number of nitrogens with one attached hydrogen (secondary N) is 1. The largest absolute Gasteiger partial charge is 0.505 e.